The largest absolute Gasteiger partial charge is 0.479 e. The Hall–Kier alpha value is -2.20. The van der Waals surface area contributed by atoms with Gasteiger partial charge in [0.05, 0.1) is 0 Å². The number of ether oxygens (including phenoxy) is 4. The SMILES string of the molecule is CC(=O)OC1C(OC(C)=O)[C@H](O)C(C(=O)O)O[C@H]1OC(C)=O. The topological polar surface area (TPSA) is 146 Å². The second kappa shape index (κ2) is 7.18. The van der Waals surface area contributed by atoms with Gasteiger partial charge in [-0.3, -0.25) is 14.4 Å². The molecule has 0 aliphatic carbocycles. The lowest BCUT2D eigenvalue weighted by molar-refractivity contribution is -0.291. The molecule has 10 nitrogen and oxygen atoms in total. The summed E-state index contributed by atoms with van der Waals surface area (Å²) in [5, 5.41) is 19.0. The van der Waals surface area contributed by atoms with Gasteiger partial charge in [0.2, 0.25) is 12.4 Å². The third-order valence-corrected chi connectivity index (χ3v) is 2.65. The molecule has 3 unspecified atom stereocenters. The predicted molar refractivity (Wildman–Crippen MR) is 65.2 cm³/mol. The maximum absolute atomic E-state index is 11.1. The minimum atomic E-state index is -1.83. The fraction of sp³-hybridized carbons (Fsp3) is 0.667. The van der Waals surface area contributed by atoms with Crippen LogP contribution in [0.25, 0.3) is 0 Å². The molecule has 0 radical (unpaired) electrons. The number of carboxylic acid groups (broad SMARTS) is 1. The highest BCUT2D eigenvalue weighted by molar-refractivity contribution is 5.74. The molecule has 5 atom stereocenters. The molecule has 10 heteroatoms. The van der Waals surface area contributed by atoms with Gasteiger partial charge in [-0.25, -0.2) is 4.79 Å². The molecule has 124 valence electrons. The molecule has 1 saturated heterocycles. The van der Waals surface area contributed by atoms with Gasteiger partial charge in [0.1, 0.15) is 6.10 Å². The number of aliphatic carboxylic acids is 1. The van der Waals surface area contributed by atoms with Gasteiger partial charge in [0.15, 0.2) is 12.2 Å². The molecule has 0 amide bonds. The van der Waals surface area contributed by atoms with Crippen LogP contribution in [-0.2, 0) is 38.1 Å². The quantitative estimate of drug-likeness (QED) is 0.467. The number of hydrogen-bond acceptors (Lipinski definition) is 9. The van der Waals surface area contributed by atoms with Gasteiger partial charge in [0, 0.05) is 20.8 Å². The van der Waals surface area contributed by atoms with Crippen LogP contribution in [0.15, 0.2) is 0 Å². The Morgan fingerprint density at radius 3 is 1.73 bits per heavy atom. The number of aliphatic hydroxyl groups is 1. The van der Waals surface area contributed by atoms with E-state index >= 15 is 0 Å². The number of esters is 3. The Morgan fingerprint density at radius 1 is 0.864 bits per heavy atom. The van der Waals surface area contributed by atoms with Crippen LogP contribution in [0, 0.1) is 0 Å². The van der Waals surface area contributed by atoms with Crippen molar-refractivity contribution in [2.24, 2.45) is 0 Å². The van der Waals surface area contributed by atoms with E-state index in [2.05, 4.69) is 0 Å². The molecule has 1 heterocycles. The molecular weight excluding hydrogens is 304 g/mol. The highest BCUT2D eigenvalue weighted by Gasteiger charge is 2.53. The molecule has 0 saturated carbocycles. The summed E-state index contributed by atoms with van der Waals surface area (Å²) >= 11 is 0. The van der Waals surface area contributed by atoms with Gasteiger partial charge >= 0.3 is 23.9 Å². The summed E-state index contributed by atoms with van der Waals surface area (Å²) in [6.07, 6.45) is -8.37. The number of carbonyl (C=O) groups is 4. The van der Waals surface area contributed by atoms with Crippen molar-refractivity contribution in [3.05, 3.63) is 0 Å². The molecule has 2 N–H and O–H groups in total. The van der Waals surface area contributed by atoms with E-state index in [0.29, 0.717) is 0 Å². The van der Waals surface area contributed by atoms with Crippen LogP contribution in [0.2, 0.25) is 0 Å². The van der Waals surface area contributed by atoms with Crippen LogP contribution in [0.4, 0.5) is 0 Å². The lowest BCUT2D eigenvalue weighted by Gasteiger charge is -2.41. The molecule has 1 rings (SSSR count). The number of aliphatic hydroxyl groups excluding tert-OH is 1. The molecule has 0 aromatic rings. The second-order valence-corrected chi connectivity index (χ2v) is 4.51. The first-order valence-corrected chi connectivity index (χ1v) is 6.21. The Kier molecular flexibility index (Phi) is 5.83. The fourth-order valence-corrected chi connectivity index (χ4v) is 1.93. The van der Waals surface area contributed by atoms with Crippen molar-refractivity contribution in [1.29, 1.82) is 0 Å². The molecule has 0 bridgehead atoms. The predicted octanol–water partition coefficient (Wildman–Crippen LogP) is -1.42. The summed E-state index contributed by atoms with van der Waals surface area (Å²) < 4.78 is 19.3. The summed E-state index contributed by atoms with van der Waals surface area (Å²) in [4.78, 5) is 44.4. The first-order chi connectivity index (χ1) is 10.1. The fourth-order valence-electron chi connectivity index (χ4n) is 1.93. The highest BCUT2D eigenvalue weighted by atomic mass is 16.7. The zero-order valence-corrected chi connectivity index (χ0v) is 12.0. The first kappa shape index (κ1) is 17.9. The van der Waals surface area contributed by atoms with E-state index in [1.54, 1.807) is 0 Å². The van der Waals surface area contributed by atoms with E-state index < -0.39 is 54.6 Å². The van der Waals surface area contributed by atoms with Crippen molar-refractivity contribution in [2.75, 3.05) is 0 Å². The van der Waals surface area contributed by atoms with Crippen LogP contribution in [0.3, 0.4) is 0 Å². The van der Waals surface area contributed by atoms with Crippen LogP contribution in [-0.4, -0.2) is 64.8 Å². The van der Waals surface area contributed by atoms with Crippen molar-refractivity contribution in [3.8, 4) is 0 Å². The first-order valence-electron chi connectivity index (χ1n) is 6.21. The standard InChI is InChI=1S/C12H16O10/c1-4(13)19-8-7(16)9(11(17)18)22-12(21-6(3)15)10(8)20-5(2)14/h7-10,12,16H,1-3H3,(H,17,18)/t7-,8?,9?,10?,12+/m0/s1. The van der Waals surface area contributed by atoms with Gasteiger partial charge in [-0.2, -0.15) is 0 Å². The summed E-state index contributed by atoms with van der Waals surface area (Å²) in [5.74, 6) is -4.09. The van der Waals surface area contributed by atoms with E-state index in [4.69, 9.17) is 24.1 Å². The van der Waals surface area contributed by atoms with E-state index in [-0.39, 0.29) is 0 Å². The highest BCUT2D eigenvalue weighted by Crippen LogP contribution is 2.27. The van der Waals surface area contributed by atoms with Gasteiger partial charge in [-0.1, -0.05) is 0 Å². The third-order valence-electron chi connectivity index (χ3n) is 2.65. The zero-order chi connectivity index (χ0) is 17.0. The maximum Gasteiger partial charge on any atom is 0.335 e. The summed E-state index contributed by atoms with van der Waals surface area (Å²) in [7, 11) is 0. The average molecular weight is 320 g/mol. The lowest BCUT2D eigenvalue weighted by Crippen LogP contribution is -2.62. The van der Waals surface area contributed by atoms with E-state index in [0.717, 1.165) is 20.8 Å². The maximum atomic E-state index is 11.1. The molecule has 22 heavy (non-hydrogen) atoms. The van der Waals surface area contributed by atoms with Gasteiger partial charge in [-0.15, -0.1) is 0 Å². The summed E-state index contributed by atoms with van der Waals surface area (Å²) in [5.41, 5.74) is 0. The Labute approximate surface area is 124 Å². The molecular formula is C12H16O10. The molecule has 1 fully saturated rings. The number of hydrogen-bond donors (Lipinski definition) is 2. The minimum Gasteiger partial charge on any atom is -0.479 e. The monoisotopic (exact) mass is 320 g/mol. The average Bonchev–Trinajstić information content (AvgIpc) is 2.35. The number of carboxylic acids is 1. The zero-order valence-electron chi connectivity index (χ0n) is 12.0. The van der Waals surface area contributed by atoms with Gasteiger partial charge in [0.25, 0.3) is 0 Å². The van der Waals surface area contributed by atoms with Gasteiger partial charge < -0.3 is 29.2 Å². The molecule has 0 aromatic carbocycles. The molecule has 0 spiro atoms. The number of carbonyl (C=O) groups excluding carboxylic acids is 3. The third kappa shape index (κ3) is 4.40. The van der Waals surface area contributed by atoms with Crippen LogP contribution >= 0.6 is 0 Å². The second-order valence-electron chi connectivity index (χ2n) is 4.51. The Morgan fingerprint density at radius 2 is 1.32 bits per heavy atom. The van der Waals surface area contributed by atoms with Crippen molar-refractivity contribution < 1.29 is 48.3 Å². The van der Waals surface area contributed by atoms with Crippen LogP contribution in [0.5, 0.6) is 0 Å². The van der Waals surface area contributed by atoms with Crippen molar-refractivity contribution in [3.63, 3.8) is 0 Å². The molecule has 1 aliphatic rings. The summed E-state index contributed by atoms with van der Waals surface area (Å²) in [6.45, 7) is 3.07. The van der Waals surface area contributed by atoms with Crippen LogP contribution < -0.4 is 0 Å². The lowest BCUT2D eigenvalue weighted by atomic mass is 9.98. The van der Waals surface area contributed by atoms with Gasteiger partial charge in [-0.05, 0) is 0 Å². The molecule has 1 aliphatic heterocycles. The minimum absolute atomic E-state index is 0.830. The number of rotatable bonds is 4. The van der Waals surface area contributed by atoms with Crippen molar-refractivity contribution in [2.45, 2.75) is 51.5 Å². The normalized spacial score (nSPS) is 31.0. The van der Waals surface area contributed by atoms with E-state index in [9.17, 15) is 24.3 Å². The Balaban J connectivity index is 3.15. The smallest absolute Gasteiger partial charge is 0.335 e. The van der Waals surface area contributed by atoms with E-state index in [1.807, 2.05) is 0 Å². The summed E-state index contributed by atoms with van der Waals surface area (Å²) in [6, 6.07) is 0. The Bertz CT molecular complexity index is 457. The van der Waals surface area contributed by atoms with Crippen molar-refractivity contribution in [1.82, 2.24) is 0 Å². The molecule has 0 aromatic heterocycles. The van der Waals surface area contributed by atoms with Crippen molar-refractivity contribution >= 4 is 23.9 Å². The van der Waals surface area contributed by atoms with E-state index in [1.165, 1.54) is 0 Å². The van der Waals surface area contributed by atoms with Crippen LogP contribution in [0.1, 0.15) is 20.8 Å².